The number of hydrogen-bond donors (Lipinski definition) is 2. The zero-order valence-corrected chi connectivity index (χ0v) is 16.2. The quantitative estimate of drug-likeness (QED) is 0.497. The number of hydrogen-bond acceptors (Lipinski definition) is 3. The molecular weight excluding hydrogens is 326 g/mol. The zero-order chi connectivity index (χ0) is 18.2. The molecule has 0 aromatic heterocycles. The van der Waals surface area contributed by atoms with Gasteiger partial charge in [0.05, 0.1) is 6.61 Å². The van der Waals surface area contributed by atoms with Crippen LogP contribution in [-0.4, -0.2) is 39.9 Å². The summed E-state index contributed by atoms with van der Waals surface area (Å²) in [5.74, 6) is 2.60. The molecule has 144 valence electrons. The van der Waals surface area contributed by atoms with Crippen molar-refractivity contribution < 1.29 is 9.47 Å². The first-order valence-electron chi connectivity index (χ1n) is 9.89. The van der Waals surface area contributed by atoms with Gasteiger partial charge in [0, 0.05) is 39.4 Å². The highest BCUT2D eigenvalue weighted by Crippen LogP contribution is 2.43. The van der Waals surface area contributed by atoms with Gasteiger partial charge in [0.1, 0.15) is 5.75 Å². The normalized spacial score (nSPS) is 18.9. The van der Waals surface area contributed by atoms with E-state index in [9.17, 15) is 0 Å². The maximum Gasteiger partial charge on any atom is 0.191 e. The summed E-state index contributed by atoms with van der Waals surface area (Å²) in [5.41, 5.74) is 1.55. The highest BCUT2D eigenvalue weighted by atomic mass is 16.5. The molecule has 5 heteroatoms. The largest absolute Gasteiger partial charge is 0.493 e. The van der Waals surface area contributed by atoms with Gasteiger partial charge in [-0.15, -0.1) is 0 Å². The smallest absolute Gasteiger partial charge is 0.191 e. The minimum atomic E-state index is 0.374. The van der Waals surface area contributed by atoms with Crippen molar-refractivity contribution in [3.8, 4) is 5.75 Å². The van der Waals surface area contributed by atoms with Gasteiger partial charge < -0.3 is 20.1 Å². The molecule has 0 saturated heterocycles. The predicted molar refractivity (Wildman–Crippen MR) is 106 cm³/mol. The van der Waals surface area contributed by atoms with Gasteiger partial charge in [0.25, 0.3) is 0 Å². The third-order valence-electron chi connectivity index (χ3n) is 5.70. The molecule has 0 unspecified atom stereocenters. The number of ether oxygens (including phenoxy) is 2. The van der Waals surface area contributed by atoms with E-state index in [0.29, 0.717) is 12.0 Å². The summed E-state index contributed by atoms with van der Waals surface area (Å²) in [6.45, 7) is 3.34. The number of aliphatic imine (C=N–C) groups is 1. The predicted octanol–water partition coefficient (Wildman–Crippen LogP) is 3.35. The summed E-state index contributed by atoms with van der Waals surface area (Å²) >= 11 is 0. The molecule has 1 aromatic rings. The summed E-state index contributed by atoms with van der Waals surface area (Å²) in [6.07, 6.45) is 7.61. The fraction of sp³-hybridized carbons (Fsp3) is 0.667. The Hall–Kier alpha value is -1.75. The van der Waals surface area contributed by atoms with E-state index < -0.39 is 0 Å². The second-order valence-electron chi connectivity index (χ2n) is 7.74. The van der Waals surface area contributed by atoms with Crippen molar-refractivity contribution in [1.82, 2.24) is 10.6 Å². The molecule has 0 heterocycles. The molecule has 2 aliphatic rings. The lowest BCUT2D eigenvalue weighted by Crippen LogP contribution is -2.46. The minimum absolute atomic E-state index is 0.374. The van der Waals surface area contributed by atoms with Gasteiger partial charge in [-0.2, -0.15) is 0 Å². The molecule has 2 N–H and O–H groups in total. The van der Waals surface area contributed by atoms with Crippen LogP contribution in [0.15, 0.2) is 29.3 Å². The van der Waals surface area contributed by atoms with Gasteiger partial charge in [-0.05, 0) is 49.5 Å². The minimum Gasteiger partial charge on any atom is -0.493 e. The van der Waals surface area contributed by atoms with E-state index in [1.54, 1.807) is 7.11 Å². The molecule has 0 spiro atoms. The average molecular weight is 360 g/mol. The Morgan fingerprint density at radius 3 is 2.69 bits per heavy atom. The molecule has 0 bridgehead atoms. The highest BCUT2D eigenvalue weighted by molar-refractivity contribution is 5.79. The third kappa shape index (κ3) is 5.37. The summed E-state index contributed by atoms with van der Waals surface area (Å²) in [6, 6.07) is 8.28. The van der Waals surface area contributed by atoms with E-state index in [-0.39, 0.29) is 0 Å². The van der Waals surface area contributed by atoms with Crippen LogP contribution in [0.5, 0.6) is 5.75 Å². The van der Waals surface area contributed by atoms with Crippen LogP contribution in [0.25, 0.3) is 0 Å². The lowest BCUT2D eigenvalue weighted by molar-refractivity contribution is 0.0732. The SMILES string of the molecule is CN=C(NCc1ccccc1OCC1CC1)NCC1(CCOC)CCC1. The zero-order valence-electron chi connectivity index (χ0n) is 16.2. The number of benzene rings is 1. The van der Waals surface area contributed by atoms with Gasteiger partial charge in [-0.25, -0.2) is 0 Å². The van der Waals surface area contributed by atoms with Crippen LogP contribution in [0.3, 0.4) is 0 Å². The molecule has 2 aliphatic carbocycles. The second kappa shape index (κ2) is 9.26. The number of para-hydroxylation sites is 1. The molecular formula is C21H33N3O2. The van der Waals surface area contributed by atoms with Crippen molar-refractivity contribution in [1.29, 1.82) is 0 Å². The summed E-state index contributed by atoms with van der Waals surface area (Å²) in [7, 11) is 3.61. The summed E-state index contributed by atoms with van der Waals surface area (Å²) < 4.78 is 11.3. The molecule has 0 aliphatic heterocycles. The van der Waals surface area contributed by atoms with E-state index in [1.807, 2.05) is 13.1 Å². The van der Waals surface area contributed by atoms with E-state index in [4.69, 9.17) is 9.47 Å². The first-order chi connectivity index (χ1) is 12.7. The van der Waals surface area contributed by atoms with Crippen molar-refractivity contribution in [3.05, 3.63) is 29.8 Å². The van der Waals surface area contributed by atoms with Crippen molar-refractivity contribution >= 4 is 5.96 Å². The molecule has 1 aromatic carbocycles. The van der Waals surface area contributed by atoms with E-state index in [1.165, 1.54) is 37.7 Å². The maximum atomic E-state index is 6.00. The fourth-order valence-electron chi connectivity index (χ4n) is 3.46. The van der Waals surface area contributed by atoms with Crippen molar-refractivity contribution in [2.75, 3.05) is 33.9 Å². The van der Waals surface area contributed by atoms with Gasteiger partial charge >= 0.3 is 0 Å². The fourth-order valence-corrected chi connectivity index (χ4v) is 3.46. The number of guanidine groups is 1. The number of nitrogens with zero attached hydrogens (tertiary/aromatic N) is 1. The molecule has 0 atom stereocenters. The Morgan fingerprint density at radius 2 is 2.04 bits per heavy atom. The van der Waals surface area contributed by atoms with Crippen LogP contribution < -0.4 is 15.4 Å². The van der Waals surface area contributed by atoms with Gasteiger partial charge in [-0.3, -0.25) is 4.99 Å². The van der Waals surface area contributed by atoms with E-state index in [2.05, 4.69) is 33.8 Å². The van der Waals surface area contributed by atoms with Crippen molar-refractivity contribution in [3.63, 3.8) is 0 Å². The maximum absolute atomic E-state index is 6.00. The Kier molecular flexibility index (Phi) is 6.78. The first-order valence-corrected chi connectivity index (χ1v) is 9.89. The average Bonchev–Trinajstić information content (AvgIpc) is 3.46. The van der Waals surface area contributed by atoms with Crippen LogP contribution in [-0.2, 0) is 11.3 Å². The second-order valence-corrected chi connectivity index (χ2v) is 7.74. The van der Waals surface area contributed by atoms with Crippen LogP contribution in [0.1, 0.15) is 44.1 Å². The van der Waals surface area contributed by atoms with Crippen molar-refractivity contribution in [2.24, 2.45) is 16.3 Å². The summed E-state index contributed by atoms with van der Waals surface area (Å²) in [5, 5.41) is 6.95. The molecule has 2 fully saturated rings. The standard InChI is InChI=1S/C21H33N3O2/c1-22-20(24-16-21(10-5-11-21)12-13-25-2)23-14-18-6-3-4-7-19(18)26-15-17-8-9-17/h3-4,6-7,17H,5,8-16H2,1-2H3,(H2,22,23,24). The van der Waals surface area contributed by atoms with Crippen LogP contribution >= 0.6 is 0 Å². The molecule has 26 heavy (non-hydrogen) atoms. The monoisotopic (exact) mass is 359 g/mol. The molecule has 3 rings (SSSR count). The number of nitrogens with one attached hydrogen (secondary N) is 2. The van der Waals surface area contributed by atoms with E-state index in [0.717, 1.165) is 43.8 Å². The van der Waals surface area contributed by atoms with Gasteiger partial charge in [0.15, 0.2) is 5.96 Å². The Bertz CT molecular complexity index is 595. The van der Waals surface area contributed by atoms with Crippen LogP contribution in [0, 0.1) is 11.3 Å². The molecule has 5 nitrogen and oxygen atoms in total. The topological polar surface area (TPSA) is 54.9 Å². The Balaban J connectivity index is 1.48. The molecule has 2 saturated carbocycles. The van der Waals surface area contributed by atoms with E-state index >= 15 is 0 Å². The third-order valence-corrected chi connectivity index (χ3v) is 5.70. The molecule has 0 radical (unpaired) electrons. The highest BCUT2D eigenvalue weighted by Gasteiger charge is 2.36. The van der Waals surface area contributed by atoms with Crippen LogP contribution in [0.4, 0.5) is 0 Å². The number of methoxy groups -OCH3 is 1. The van der Waals surface area contributed by atoms with Crippen LogP contribution in [0.2, 0.25) is 0 Å². The van der Waals surface area contributed by atoms with Crippen molar-refractivity contribution in [2.45, 2.75) is 45.1 Å². The Labute approximate surface area is 157 Å². The molecule has 0 amide bonds. The summed E-state index contributed by atoms with van der Waals surface area (Å²) in [4.78, 5) is 4.38. The lowest BCUT2D eigenvalue weighted by Gasteiger charge is -2.42. The Morgan fingerprint density at radius 1 is 1.23 bits per heavy atom. The van der Waals surface area contributed by atoms with Gasteiger partial charge in [-0.1, -0.05) is 24.6 Å². The lowest BCUT2D eigenvalue weighted by atomic mass is 9.67. The first kappa shape index (κ1) is 19.0. The number of rotatable bonds is 10. The van der Waals surface area contributed by atoms with Gasteiger partial charge in [0.2, 0.25) is 0 Å².